The summed E-state index contributed by atoms with van der Waals surface area (Å²) in [6.07, 6.45) is 0. The lowest BCUT2D eigenvalue weighted by Gasteiger charge is -2.24. The first kappa shape index (κ1) is 17.3. The number of likely N-dealkylation sites (N-methyl/N-ethyl adjacent to an activating group) is 1. The smallest absolute Gasteiger partial charge is 0.191 e. The van der Waals surface area contributed by atoms with Crippen molar-refractivity contribution in [1.82, 2.24) is 15.5 Å². The standard InChI is InChI=1S/C16H28N4O/c1-6-17-16(18-7-2)19-12-15(20(3)4)13-8-10-14(21-5)11-9-13/h8-11,15H,6-7,12H2,1-5H3,(H2,17,18,19). The van der Waals surface area contributed by atoms with Gasteiger partial charge in [-0.2, -0.15) is 0 Å². The minimum Gasteiger partial charge on any atom is -0.497 e. The van der Waals surface area contributed by atoms with Gasteiger partial charge in [0.1, 0.15) is 5.75 Å². The minimum absolute atomic E-state index is 0.239. The number of nitrogens with one attached hydrogen (secondary N) is 2. The van der Waals surface area contributed by atoms with Crippen LogP contribution in [0.1, 0.15) is 25.5 Å². The molecule has 1 rings (SSSR count). The molecule has 0 saturated carbocycles. The summed E-state index contributed by atoms with van der Waals surface area (Å²) >= 11 is 0. The highest BCUT2D eigenvalue weighted by Crippen LogP contribution is 2.21. The van der Waals surface area contributed by atoms with E-state index in [-0.39, 0.29) is 6.04 Å². The van der Waals surface area contributed by atoms with Crippen LogP contribution in [0.2, 0.25) is 0 Å². The van der Waals surface area contributed by atoms with Crippen molar-refractivity contribution >= 4 is 5.96 Å². The Kier molecular flexibility index (Phi) is 7.61. The molecule has 5 nitrogen and oxygen atoms in total. The zero-order valence-corrected chi connectivity index (χ0v) is 13.8. The van der Waals surface area contributed by atoms with Gasteiger partial charge < -0.3 is 20.3 Å². The highest BCUT2D eigenvalue weighted by Gasteiger charge is 2.14. The van der Waals surface area contributed by atoms with Crippen molar-refractivity contribution < 1.29 is 4.74 Å². The number of hydrogen-bond acceptors (Lipinski definition) is 3. The lowest BCUT2D eigenvalue weighted by atomic mass is 10.1. The van der Waals surface area contributed by atoms with Gasteiger partial charge in [-0.3, -0.25) is 4.99 Å². The quantitative estimate of drug-likeness (QED) is 0.595. The molecule has 1 atom stereocenters. The molecule has 0 fully saturated rings. The molecule has 1 aromatic carbocycles. The summed E-state index contributed by atoms with van der Waals surface area (Å²) in [4.78, 5) is 6.85. The van der Waals surface area contributed by atoms with Crippen molar-refractivity contribution in [3.8, 4) is 5.75 Å². The summed E-state index contributed by atoms with van der Waals surface area (Å²) < 4.78 is 5.21. The van der Waals surface area contributed by atoms with Gasteiger partial charge in [-0.05, 0) is 45.6 Å². The summed E-state index contributed by atoms with van der Waals surface area (Å²) in [5.41, 5.74) is 1.23. The second-order valence-electron chi connectivity index (χ2n) is 5.00. The largest absolute Gasteiger partial charge is 0.497 e. The average molecular weight is 292 g/mol. The highest BCUT2D eigenvalue weighted by atomic mass is 16.5. The molecule has 2 N–H and O–H groups in total. The summed E-state index contributed by atoms with van der Waals surface area (Å²) in [6, 6.07) is 8.41. The van der Waals surface area contributed by atoms with Crippen LogP contribution in [0.5, 0.6) is 5.75 Å². The molecule has 0 heterocycles. The molecule has 0 aromatic heterocycles. The van der Waals surface area contributed by atoms with Crippen LogP contribution >= 0.6 is 0 Å². The number of aliphatic imine (C=N–C) groups is 1. The van der Waals surface area contributed by atoms with Gasteiger partial charge in [0.2, 0.25) is 0 Å². The number of methoxy groups -OCH3 is 1. The van der Waals surface area contributed by atoms with Gasteiger partial charge in [-0.15, -0.1) is 0 Å². The molecule has 0 amide bonds. The molecule has 0 radical (unpaired) electrons. The van der Waals surface area contributed by atoms with Gasteiger partial charge in [0.25, 0.3) is 0 Å². The van der Waals surface area contributed by atoms with Gasteiger partial charge >= 0.3 is 0 Å². The van der Waals surface area contributed by atoms with Gasteiger partial charge in [0.05, 0.1) is 19.7 Å². The number of nitrogens with zero attached hydrogens (tertiary/aromatic N) is 2. The molecule has 0 bridgehead atoms. The zero-order chi connectivity index (χ0) is 15.7. The average Bonchev–Trinajstić information content (AvgIpc) is 2.48. The Balaban J connectivity index is 2.83. The predicted molar refractivity (Wildman–Crippen MR) is 89.1 cm³/mol. The lowest BCUT2D eigenvalue weighted by molar-refractivity contribution is 0.306. The predicted octanol–water partition coefficient (Wildman–Crippen LogP) is 1.87. The van der Waals surface area contributed by atoms with Gasteiger partial charge in [-0.25, -0.2) is 0 Å². The van der Waals surface area contributed by atoms with Crippen LogP contribution in [0, 0.1) is 0 Å². The molecule has 118 valence electrons. The van der Waals surface area contributed by atoms with Crippen molar-refractivity contribution in [1.29, 1.82) is 0 Å². The van der Waals surface area contributed by atoms with Crippen LogP contribution in [0.3, 0.4) is 0 Å². The second-order valence-corrected chi connectivity index (χ2v) is 5.00. The normalized spacial score (nSPS) is 11.9. The Morgan fingerprint density at radius 3 is 2.14 bits per heavy atom. The maximum Gasteiger partial charge on any atom is 0.191 e. The SMILES string of the molecule is CCNC(=NCC(c1ccc(OC)cc1)N(C)C)NCC. The summed E-state index contributed by atoms with van der Waals surface area (Å²) in [7, 11) is 5.83. The fourth-order valence-corrected chi connectivity index (χ4v) is 2.08. The van der Waals surface area contributed by atoms with E-state index in [9.17, 15) is 0 Å². The molecule has 1 unspecified atom stereocenters. The Morgan fingerprint density at radius 1 is 1.14 bits per heavy atom. The van der Waals surface area contributed by atoms with E-state index in [1.54, 1.807) is 7.11 Å². The Hall–Kier alpha value is -1.75. The molecular formula is C16H28N4O. The van der Waals surface area contributed by atoms with Crippen LogP contribution < -0.4 is 15.4 Å². The summed E-state index contributed by atoms with van der Waals surface area (Å²) in [5.74, 6) is 1.74. The summed E-state index contributed by atoms with van der Waals surface area (Å²) in [5, 5.41) is 6.50. The first-order valence-electron chi connectivity index (χ1n) is 7.44. The number of benzene rings is 1. The monoisotopic (exact) mass is 292 g/mol. The van der Waals surface area contributed by atoms with Crippen LogP contribution in [0.25, 0.3) is 0 Å². The number of guanidine groups is 1. The van der Waals surface area contributed by atoms with Crippen LogP contribution in [0.4, 0.5) is 0 Å². The molecule has 0 aliphatic rings. The third kappa shape index (κ3) is 5.63. The van der Waals surface area contributed by atoms with Crippen LogP contribution in [0.15, 0.2) is 29.3 Å². The number of rotatable bonds is 7. The van der Waals surface area contributed by atoms with E-state index in [1.807, 2.05) is 12.1 Å². The van der Waals surface area contributed by atoms with Crippen molar-refractivity contribution in [2.24, 2.45) is 4.99 Å². The van der Waals surface area contributed by atoms with E-state index >= 15 is 0 Å². The second kappa shape index (κ2) is 9.23. The third-order valence-corrected chi connectivity index (χ3v) is 3.23. The first-order valence-corrected chi connectivity index (χ1v) is 7.44. The van der Waals surface area contributed by atoms with E-state index < -0.39 is 0 Å². The van der Waals surface area contributed by atoms with Crippen molar-refractivity contribution in [2.45, 2.75) is 19.9 Å². The van der Waals surface area contributed by atoms with Crippen molar-refractivity contribution in [3.63, 3.8) is 0 Å². The van der Waals surface area contributed by atoms with Gasteiger partial charge in [0, 0.05) is 13.1 Å². The molecule has 0 saturated heterocycles. The maximum atomic E-state index is 5.21. The van der Waals surface area contributed by atoms with Gasteiger partial charge in [0.15, 0.2) is 5.96 Å². The van der Waals surface area contributed by atoms with E-state index in [1.165, 1.54) is 5.56 Å². The molecule has 0 spiro atoms. The molecule has 1 aromatic rings. The first-order chi connectivity index (χ1) is 10.1. The molecule has 0 aliphatic carbocycles. The third-order valence-electron chi connectivity index (χ3n) is 3.23. The fraction of sp³-hybridized carbons (Fsp3) is 0.562. The minimum atomic E-state index is 0.239. The lowest BCUT2D eigenvalue weighted by Crippen LogP contribution is -2.37. The van der Waals surface area contributed by atoms with Crippen molar-refractivity contribution in [3.05, 3.63) is 29.8 Å². The molecule has 5 heteroatoms. The van der Waals surface area contributed by atoms with E-state index in [0.717, 1.165) is 24.8 Å². The molecule has 0 aliphatic heterocycles. The van der Waals surface area contributed by atoms with Crippen LogP contribution in [-0.2, 0) is 0 Å². The Morgan fingerprint density at radius 2 is 1.71 bits per heavy atom. The molecular weight excluding hydrogens is 264 g/mol. The highest BCUT2D eigenvalue weighted by molar-refractivity contribution is 5.79. The fourth-order valence-electron chi connectivity index (χ4n) is 2.08. The number of ether oxygens (including phenoxy) is 1. The number of hydrogen-bond donors (Lipinski definition) is 2. The topological polar surface area (TPSA) is 48.9 Å². The van der Waals surface area contributed by atoms with E-state index in [0.29, 0.717) is 6.54 Å². The van der Waals surface area contributed by atoms with Gasteiger partial charge in [-0.1, -0.05) is 12.1 Å². The summed E-state index contributed by atoms with van der Waals surface area (Å²) in [6.45, 7) is 6.57. The zero-order valence-electron chi connectivity index (χ0n) is 13.8. The Labute approximate surface area is 128 Å². The van der Waals surface area contributed by atoms with Crippen LogP contribution in [-0.4, -0.2) is 51.7 Å². The maximum absolute atomic E-state index is 5.21. The van der Waals surface area contributed by atoms with E-state index in [4.69, 9.17) is 4.74 Å². The molecule has 21 heavy (non-hydrogen) atoms. The van der Waals surface area contributed by atoms with Crippen molar-refractivity contribution in [2.75, 3.05) is 40.8 Å². The van der Waals surface area contributed by atoms with E-state index in [2.05, 4.69) is 60.6 Å². The Bertz CT molecular complexity index is 420.